The number of nitrogens with one attached hydrogen (secondary N) is 1. The Bertz CT molecular complexity index is 438. The summed E-state index contributed by atoms with van der Waals surface area (Å²) in [4.78, 5) is 11.3. The maximum absolute atomic E-state index is 13.4. The van der Waals surface area contributed by atoms with Crippen molar-refractivity contribution in [3.8, 4) is 6.07 Å². The van der Waals surface area contributed by atoms with Crippen LogP contribution in [-0.2, 0) is 0 Å². The number of hydrogen-bond donors (Lipinski definition) is 1. The van der Waals surface area contributed by atoms with Gasteiger partial charge in [-0.1, -0.05) is 6.07 Å². The number of anilines is 1. The van der Waals surface area contributed by atoms with Gasteiger partial charge in [-0.3, -0.25) is 4.79 Å². The zero-order chi connectivity index (χ0) is 12.7. The molecule has 0 heterocycles. The summed E-state index contributed by atoms with van der Waals surface area (Å²) in [5, 5.41) is 11.4. The molecule has 0 aliphatic carbocycles. The minimum absolute atomic E-state index is 0.104. The summed E-state index contributed by atoms with van der Waals surface area (Å²) in [5.74, 6) is -0.790. The van der Waals surface area contributed by atoms with Gasteiger partial charge in [-0.05, 0) is 31.9 Å². The Balaban J connectivity index is 2.62. The van der Waals surface area contributed by atoms with Crippen molar-refractivity contribution in [3.05, 3.63) is 29.6 Å². The Morgan fingerprint density at radius 3 is 2.88 bits per heavy atom. The SMILES string of the molecule is CC(=O)c1c(F)cccc1NCCCCC#N. The number of carbonyl (C=O) groups excluding carboxylic acids is 1. The first-order chi connectivity index (χ1) is 8.16. The minimum atomic E-state index is -0.500. The smallest absolute Gasteiger partial charge is 0.164 e. The van der Waals surface area contributed by atoms with Gasteiger partial charge in [-0.2, -0.15) is 5.26 Å². The van der Waals surface area contributed by atoms with Crippen LogP contribution in [0, 0.1) is 17.1 Å². The van der Waals surface area contributed by atoms with E-state index in [4.69, 9.17) is 5.26 Å². The first-order valence-corrected chi connectivity index (χ1v) is 5.57. The highest BCUT2D eigenvalue weighted by Crippen LogP contribution is 2.19. The quantitative estimate of drug-likeness (QED) is 0.607. The van der Waals surface area contributed by atoms with Crippen LogP contribution in [0.15, 0.2) is 18.2 Å². The van der Waals surface area contributed by atoms with Gasteiger partial charge < -0.3 is 5.32 Å². The zero-order valence-electron chi connectivity index (χ0n) is 9.79. The summed E-state index contributed by atoms with van der Waals surface area (Å²) in [6, 6.07) is 6.59. The highest BCUT2D eigenvalue weighted by molar-refractivity contribution is 5.99. The average Bonchev–Trinajstić information content (AvgIpc) is 2.28. The van der Waals surface area contributed by atoms with E-state index in [9.17, 15) is 9.18 Å². The van der Waals surface area contributed by atoms with Crippen LogP contribution in [0.3, 0.4) is 0 Å². The van der Waals surface area contributed by atoms with Crippen LogP contribution in [0.25, 0.3) is 0 Å². The summed E-state index contributed by atoms with van der Waals surface area (Å²) in [7, 11) is 0. The molecule has 0 amide bonds. The van der Waals surface area contributed by atoms with Gasteiger partial charge in [0.1, 0.15) is 5.82 Å². The Morgan fingerprint density at radius 1 is 1.47 bits per heavy atom. The van der Waals surface area contributed by atoms with Crippen LogP contribution in [0.2, 0.25) is 0 Å². The molecule has 90 valence electrons. The lowest BCUT2D eigenvalue weighted by Crippen LogP contribution is -2.08. The number of carbonyl (C=O) groups is 1. The van der Waals surface area contributed by atoms with E-state index in [-0.39, 0.29) is 11.3 Å². The van der Waals surface area contributed by atoms with E-state index in [2.05, 4.69) is 11.4 Å². The van der Waals surface area contributed by atoms with Gasteiger partial charge in [-0.15, -0.1) is 0 Å². The van der Waals surface area contributed by atoms with Crippen LogP contribution < -0.4 is 5.32 Å². The second-order valence-electron chi connectivity index (χ2n) is 3.76. The first-order valence-electron chi connectivity index (χ1n) is 5.57. The lowest BCUT2D eigenvalue weighted by molar-refractivity contribution is 0.101. The number of Topliss-reactive ketones (excluding diaryl/α,β-unsaturated/α-hetero) is 1. The maximum Gasteiger partial charge on any atom is 0.164 e. The van der Waals surface area contributed by atoms with Gasteiger partial charge in [0.15, 0.2) is 5.78 Å². The number of hydrogen-bond acceptors (Lipinski definition) is 3. The van der Waals surface area contributed by atoms with Gasteiger partial charge >= 0.3 is 0 Å². The number of nitriles is 1. The standard InChI is InChI=1S/C13H15FN2O/c1-10(17)13-11(14)6-5-7-12(13)16-9-4-2-3-8-15/h5-7,16H,2-4,9H2,1H3. The topological polar surface area (TPSA) is 52.9 Å². The summed E-state index contributed by atoms with van der Waals surface area (Å²) >= 11 is 0. The van der Waals surface area contributed by atoms with E-state index in [1.54, 1.807) is 12.1 Å². The van der Waals surface area contributed by atoms with Crippen molar-refractivity contribution in [2.24, 2.45) is 0 Å². The number of halogens is 1. The highest BCUT2D eigenvalue weighted by atomic mass is 19.1. The number of unbranched alkanes of at least 4 members (excludes halogenated alkanes) is 2. The highest BCUT2D eigenvalue weighted by Gasteiger charge is 2.11. The molecule has 0 atom stereocenters. The van der Waals surface area contributed by atoms with E-state index in [1.807, 2.05) is 0 Å². The Hall–Kier alpha value is -1.89. The van der Waals surface area contributed by atoms with Crippen LogP contribution in [-0.4, -0.2) is 12.3 Å². The average molecular weight is 234 g/mol. The summed E-state index contributed by atoms with van der Waals surface area (Å²) in [6.45, 7) is 1.98. The lowest BCUT2D eigenvalue weighted by Gasteiger charge is -2.10. The van der Waals surface area contributed by atoms with E-state index < -0.39 is 5.82 Å². The summed E-state index contributed by atoms with van der Waals surface area (Å²) in [5.41, 5.74) is 0.627. The van der Waals surface area contributed by atoms with Crippen molar-refractivity contribution in [3.63, 3.8) is 0 Å². The van der Waals surface area contributed by atoms with Crippen LogP contribution in [0.5, 0.6) is 0 Å². The molecule has 3 nitrogen and oxygen atoms in total. The largest absolute Gasteiger partial charge is 0.384 e. The molecule has 0 aromatic heterocycles. The third-order valence-electron chi connectivity index (χ3n) is 2.40. The fraction of sp³-hybridized carbons (Fsp3) is 0.385. The normalized spacial score (nSPS) is 9.71. The molecular weight excluding hydrogens is 219 g/mol. The van der Waals surface area contributed by atoms with E-state index in [0.717, 1.165) is 12.8 Å². The molecular formula is C13H15FN2O. The molecule has 0 saturated carbocycles. The molecule has 1 rings (SSSR count). The van der Waals surface area contributed by atoms with Crippen molar-refractivity contribution in [2.75, 3.05) is 11.9 Å². The van der Waals surface area contributed by atoms with Crippen LogP contribution >= 0.6 is 0 Å². The van der Waals surface area contributed by atoms with Crippen molar-refractivity contribution in [1.82, 2.24) is 0 Å². The van der Waals surface area contributed by atoms with Gasteiger partial charge in [-0.25, -0.2) is 4.39 Å². The fourth-order valence-electron chi connectivity index (χ4n) is 1.58. The molecule has 1 N–H and O–H groups in total. The molecule has 1 aromatic carbocycles. The monoisotopic (exact) mass is 234 g/mol. The van der Waals surface area contributed by atoms with E-state index >= 15 is 0 Å². The minimum Gasteiger partial charge on any atom is -0.384 e. The van der Waals surface area contributed by atoms with Gasteiger partial charge in [0.05, 0.1) is 11.6 Å². The molecule has 0 aliphatic heterocycles. The number of benzene rings is 1. The molecule has 0 aliphatic rings. The van der Waals surface area contributed by atoms with Crippen molar-refractivity contribution < 1.29 is 9.18 Å². The Kier molecular flexibility index (Phi) is 5.15. The Morgan fingerprint density at radius 2 is 2.24 bits per heavy atom. The molecule has 0 radical (unpaired) electrons. The van der Waals surface area contributed by atoms with Crippen LogP contribution in [0.1, 0.15) is 36.5 Å². The fourth-order valence-corrected chi connectivity index (χ4v) is 1.58. The molecule has 4 heteroatoms. The number of nitrogens with zero attached hydrogens (tertiary/aromatic N) is 1. The molecule has 0 bridgehead atoms. The lowest BCUT2D eigenvalue weighted by atomic mass is 10.1. The molecule has 0 saturated heterocycles. The van der Waals surface area contributed by atoms with Crippen molar-refractivity contribution in [1.29, 1.82) is 5.26 Å². The Labute approximate surface area is 100 Å². The van der Waals surface area contributed by atoms with Gasteiger partial charge in [0, 0.05) is 18.7 Å². The maximum atomic E-state index is 13.4. The molecule has 1 aromatic rings. The third-order valence-corrected chi connectivity index (χ3v) is 2.40. The molecule has 0 fully saturated rings. The second-order valence-corrected chi connectivity index (χ2v) is 3.76. The van der Waals surface area contributed by atoms with E-state index in [1.165, 1.54) is 13.0 Å². The zero-order valence-corrected chi connectivity index (χ0v) is 9.79. The molecule has 0 spiro atoms. The molecule has 17 heavy (non-hydrogen) atoms. The van der Waals surface area contributed by atoms with Crippen LogP contribution in [0.4, 0.5) is 10.1 Å². The molecule has 0 unspecified atom stereocenters. The summed E-state index contributed by atoms with van der Waals surface area (Å²) in [6.07, 6.45) is 2.14. The van der Waals surface area contributed by atoms with E-state index in [0.29, 0.717) is 18.7 Å². The first kappa shape index (κ1) is 13.2. The number of rotatable bonds is 6. The predicted octanol–water partition coefficient (Wildman–Crippen LogP) is 3.13. The van der Waals surface area contributed by atoms with Gasteiger partial charge in [0.25, 0.3) is 0 Å². The number of ketones is 1. The second kappa shape index (κ2) is 6.64. The van der Waals surface area contributed by atoms with Crippen molar-refractivity contribution >= 4 is 11.5 Å². The van der Waals surface area contributed by atoms with Crippen molar-refractivity contribution in [2.45, 2.75) is 26.2 Å². The van der Waals surface area contributed by atoms with Gasteiger partial charge in [0.2, 0.25) is 0 Å². The third kappa shape index (κ3) is 3.87. The predicted molar refractivity (Wildman–Crippen MR) is 64.4 cm³/mol. The summed E-state index contributed by atoms with van der Waals surface area (Å²) < 4.78 is 13.4.